The normalized spacial score (nSPS) is 12.8. The summed E-state index contributed by atoms with van der Waals surface area (Å²) in [5.74, 6) is 0.313. The molecule has 4 rings (SSSR count). The van der Waals surface area contributed by atoms with Crippen LogP contribution in [0.15, 0.2) is 24.3 Å². The Morgan fingerprint density at radius 2 is 2.03 bits per heavy atom. The van der Waals surface area contributed by atoms with E-state index in [1.807, 2.05) is 24.3 Å². The molecule has 3 aromatic rings. The zero-order valence-electron chi connectivity index (χ0n) is 16.8. The van der Waals surface area contributed by atoms with Crippen LogP contribution in [0.1, 0.15) is 45.0 Å². The second-order valence-electron chi connectivity index (χ2n) is 6.91. The standard InChI is InChI=1S/C21H21N5O3S/c1-28-12-17-19(24-25-26(17)13-7-9-14(29-2)10-8-13)20(27)23-21-16(11-22)15-5-3-4-6-18(15)30-21/h7-10H,3-6,12H2,1-2H3,(H,23,27). The van der Waals surface area contributed by atoms with E-state index in [-0.39, 0.29) is 12.3 Å². The molecule has 154 valence electrons. The highest BCUT2D eigenvalue weighted by Crippen LogP contribution is 2.37. The Morgan fingerprint density at radius 1 is 1.27 bits per heavy atom. The first-order valence-electron chi connectivity index (χ1n) is 9.60. The van der Waals surface area contributed by atoms with Gasteiger partial charge in [0.1, 0.15) is 22.5 Å². The number of carbonyl (C=O) groups excluding carboxylic acids is 1. The summed E-state index contributed by atoms with van der Waals surface area (Å²) in [5, 5.41) is 21.3. The van der Waals surface area contributed by atoms with Gasteiger partial charge in [-0.3, -0.25) is 4.79 Å². The van der Waals surface area contributed by atoms with E-state index >= 15 is 0 Å². The lowest BCUT2D eigenvalue weighted by Gasteiger charge is -2.09. The van der Waals surface area contributed by atoms with E-state index in [0.29, 0.717) is 16.3 Å². The van der Waals surface area contributed by atoms with Crippen LogP contribution >= 0.6 is 11.3 Å². The van der Waals surface area contributed by atoms with Crippen LogP contribution in [0.4, 0.5) is 5.00 Å². The van der Waals surface area contributed by atoms with Gasteiger partial charge in [0.2, 0.25) is 0 Å². The quantitative estimate of drug-likeness (QED) is 0.651. The van der Waals surface area contributed by atoms with Crippen molar-refractivity contribution in [1.82, 2.24) is 15.0 Å². The van der Waals surface area contributed by atoms with Crippen molar-refractivity contribution in [1.29, 1.82) is 5.26 Å². The van der Waals surface area contributed by atoms with Gasteiger partial charge in [0.25, 0.3) is 5.91 Å². The van der Waals surface area contributed by atoms with E-state index in [9.17, 15) is 10.1 Å². The molecule has 9 heteroatoms. The van der Waals surface area contributed by atoms with Crippen LogP contribution in [0.5, 0.6) is 5.75 Å². The number of ether oxygens (including phenoxy) is 2. The first kappa shape index (κ1) is 20.1. The van der Waals surface area contributed by atoms with Crippen molar-refractivity contribution < 1.29 is 14.3 Å². The number of carbonyl (C=O) groups is 1. The molecule has 30 heavy (non-hydrogen) atoms. The van der Waals surface area contributed by atoms with Gasteiger partial charge in [0.05, 0.1) is 25.0 Å². The maximum atomic E-state index is 13.0. The number of hydrogen-bond donors (Lipinski definition) is 1. The predicted octanol–water partition coefficient (Wildman–Crippen LogP) is 3.49. The maximum absolute atomic E-state index is 13.0. The minimum atomic E-state index is -0.406. The number of amides is 1. The highest BCUT2D eigenvalue weighted by atomic mass is 32.1. The molecule has 1 aliphatic rings. The summed E-state index contributed by atoms with van der Waals surface area (Å²) in [4.78, 5) is 14.2. The zero-order chi connectivity index (χ0) is 21.1. The van der Waals surface area contributed by atoms with Crippen LogP contribution in [0, 0.1) is 11.3 Å². The van der Waals surface area contributed by atoms with Crippen molar-refractivity contribution in [3.05, 3.63) is 51.7 Å². The molecule has 0 saturated carbocycles. The third-order valence-electron chi connectivity index (χ3n) is 5.09. The number of benzene rings is 1. The summed E-state index contributed by atoms with van der Waals surface area (Å²) >= 11 is 1.48. The predicted molar refractivity (Wildman–Crippen MR) is 112 cm³/mol. The molecule has 1 aromatic carbocycles. The fourth-order valence-corrected chi connectivity index (χ4v) is 4.84. The zero-order valence-corrected chi connectivity index (χ0v) is 17.6. The highest BCUT2D eigenvalue weighted by molar-refractivity contribution is 7.16. The Morgan fingerprint density at radius 3 is 2.73 bits per heavy atom. The molecule has 0 saturated heterocycles. The Hall–Kier alpha value is -3.22. The van der Waals surface area contributed by atoms with E-state index in [4.69, 9.17) is 9.47 Å². The number of rotatable bonds is 6. The minimum absolute atomic E-state index is 0.161. The average Bonchev–Trinajstić information content (AvgIpc) is 3.35. The summed E-state index contributed by atoms with van der Waals surface area (Å²) < 4.78 is 12.1. The van der Waals surface area contributed by atoms with Crippen molar-refractivity contribution in [3.8, 4) is 17.5 Å². The number of aromatic nitrogens is 3. The van der Waals surface area contributed by atoms with Gasteiger partial charge in [-0.25, -0.2) is 4.68 Å². The Labute approximate surface area is 178 Å². The highest BCUT2D eigenvalue weighted by Gasteiger charge is 2.25. The molecule has 0 aliphatic heterocycles. The summed E-state index contributed by atoms with van der Waals surface area (Å²) in [6, 6.07) is 9.53. The molecule has 1 amide bonds. The van der Waals surface area contributed by atoms with Gasteiger partial charge in [-0.1, -0.05) is 5.21 Å². The molecular weight excluding hydrogens is 402 g/mol. The number of aryl methyl sites for hydroxylation is 1. The summed E-state index contributed by atoms with van der Waals surface area (Å²) in [5.41, 5.74) is 3.07. The van der Waals surface area contributed by atoms with Gasteiger partial charge in [-0.15, -0.1) is 16.4 Å². The lowest BCUT2D eigenvalue weighted by Crippen LogP contribution is -2.16. The fourth-order valence-electron chi connectivity index (χ4n) is 3.61. The molecule has 0 fully saturated rings. The van der Waals surface area contributed by atoms with Crippen LogP contribution in [0.2, 0.25) is 0 Å². The number of nitrogens with one attached hydrogen (secondary N) is 1. The van der Waals surface area contributed by atoms with Crippen LogP contribution in [0.25, 0.3) is 5.69 Å². The van der Waals surface area contributed by atoms with Crippen molar-refractivity contribution in [3.63, 3.8) is 0 Å². The van der Waals surface area contributed by atoms with E-state index in [1.165, 1.54) is 16.2 Å². The fraction of sp³-hybridized carbons (Fsp3) is 0.333. The Balaban J connectivity index is 1.65. The van der Waals surface area contributed by atoms with Crippen LogP contribution in [-0.2, 0) is 24.2 Å². The van der Waals surface area contributed by atoms with Gasteiger partial charge >= 0.3 is 0 Å². The number of nitriles is 1. The summed E-state index contributed by atoms with van der Waals surface area (Å²) in [6.07, 6.45) is 4.01. The third-order valence-corrected chi connectivity index (χ3v) is 6.29. The smallest absolute Gasteiger partial charge is 0.278 e. The average molecular weight is 423 g/mol. The van der Waals surface area contributed by atoms with Crippen LogP contribution in [-0.4, -0.2) is 35.1 Å². The Kier molecular flexibility index (Phi) is 5.79. The summed E-state index contributed by atoms with van der Waals surface area (Å²) in [7, 11) is 3.15. The number of anilines is 1. The van der Waals surface area contributed by atoms with E-state index in [2.05, 4.69) is 21.7 Å². The van der Waals surface area contributed by atoms with E-state index in [1.54, 1.807) is 18.9 Å². The third kappa shape index (κ3) is 3.67. The molecular formula is C21H21N5O3S. The van der Waals surface area contributed by atoms with E-state index in [0.717, 1.165) is 42.7 Å². The molecule has 0 unspecified atom stereocenters. The minimum Gasteiger partial charge on any atom is -0.497 e. The second-order valence-corrected chi connectivity index (χ2v) is 8.01. The molecule has 2 heterocycles. The molecule has 1 N–H and O–H groups in total. The maximum Gasteiger partial charge on any atom is 0.278 e. The largest absolute Gasteiger partial charge is 0.497 e. The molecule has 0 spiro atoms. The molecule has 2 aromatic heterocycles. The van der Waals surface area contributed by atoms with Crippen molar-refractivity contribution >= 4 is 22.2 Å². The van der Waals surface area contributed by atoms with Crippen molar-refractivity contribution in [2.75, 3.05) is 19.5 Å². The van der Waals surface area contributed by atoms with Crippen LogP contribution < -0.4 is 10.1 Å². The second kappa shape index (κ2) is 8.65. The van der Waals surface area contributed by atoms with Crippen molar-refractivity contribution in [2.45, 2.75) is 32.3 Å². The first-order chi connectivity index (χ1) is 14.7. The SMILES string of the molecule is COCc1c(C(=O)Nc2sc3c(c2C#N)CCCC3)nnn1-c1ccc(OC)cc1. The first-order valence-corrected chi connectivity index (χ1v) is 10.4. The number of fused-ring (bicyclic) bond motifs is 1. The molecule has 0 radical (unpaired) electrons. The van der Waals surface area contributed by atoms with Gasteiger partial charge < -0.3 is 14.8 Å². The molecule has 8 nitrogen and oxygen atoms in total. The number of thiophene rings is 1. The lowest BCUT2D eigenvalue weighted by atomic mass is 9.96. The Bertz CT molecular complexity index is 1110. The lowest BCUT2D eigenvalue weighted by molar-refractivity contribution is 0.101. The molecule has 0 atom stereocenters. The van der Waals surface area contributed by atoms with Crippen molar-refractivity contribution in [2.24, 2.45) is 0 Å². The number of methoxy groups -OCH3 is 2. The van der Waals surface area contributed by atoms with Gasteiger partial charge in [-0.05, 0) is 55.5 Å². The summed E-state index contributed by atoms with van der Waals surface area (Å²) in [6.45, 7) is 0.161. The monoisotopic (exact) mass is 423 g/mol. The van der Waals surface area contributed by atoms with Gasteiger partial charge in [0, 0.05) is 12.0 Å². The van der Waals surface area contributed by atoms with Gasteiger partial charge in [0.15, 0.2) is 5.69 Å². The number of hydrogen-bond acceptors (Lipinski definition) is 7. The van der Waals surface area contributed by atoms with E-state index < -0.39 is 5.91 Å². The topological polar surface area (TPSA) is 102 Å². The number of nitrogens with zero attached hydrogens (tertiary/aromatic N) is 4. The molecule has 1 aliphatic carbocycles. The molecule has 0 bridgehead atoms. The van der Waals surface area contributed by atoms with Gasteiger partial charge in [-0.2, -0.15) is 5.26 Å². The van der Waals surface area contributed by atoms with Crippen LogP contribution in [0.3, 0.4) is 0 Å².